The number of non-ortho nitro benzene ring substituents is 1. The van der Waals surface area contributed by atoms with E-state index in [-0.39, 0.29) is 17.1 Å². The van der Waals surface area contributed by atoms with Gasteiger partial charge in [-0.25, -0.2) is 0 Å². The SMILES string of the molecule is O=[N+]([O-])c1ccc(N/N=C2\CCC[C@H]([C@H]3C[C@H]4CC[C@H]3C4)C2)c([N+](=O)[O-])c1. The summed E-state index contributed by atoms with van der Waals surface area (Å²) in [6, 6.07) is 3.59. The van der Waals surface area contributed by atoms with Crippen molar-refractivity contribution in [3.63, 3.8) is 0 Å². The Morgan fingerprint density at radius 2 is 1.89 bits per heavy atom. The third-order valence-corrected chi connectivity index (χ3v) is 6.66. The van der Waals surface area contributed by atoms with Crippen LogP contribution < -0.4 is 5.43 Å². The van der Waals surface area contributed by atoms with E-state index < -0.39 is 9.85 Å². The zero-order valence-corrected chi connectivity index (χ0v) is 15.2. The first-order valence-electron chi connectivity index (χ1n) is 9.75. The maximum atomic E-state index is 11.2. The van der Waals surface area contributed by atoms with Gasteiger partial charge in [0, 0.05) is 11.8 Å². The van der Waals surface area contributed by atoms with Crippen LogP contribution in [0, 0.1) is 43.9 Å². The maximum absolute atomic E-state index is 11.2. The van der Waals surface area contributed by atoms with Gasteiger partial charge in [0.05, 0.1) is 15.9 Å². The average molecular weight is 372 g/mol. The van der Waals surface area contributed by atoms with E-state index in [2.05, 4.69) is 10.5 Å². The highest BCUT2D eigenvalue weighted by atomic mass is 16.6. The van der Waals surface area contributed by atoms with Crippen LogP contribution in [0.5, 0.6) is 0 Å². The molecule has 0 heterocycles. The molecule has 0 radical (unpaired) electrons. The minimum Gasteiger partial charge on any atom is -0.272 e. The summed E-state index contributed by atoms with van der Waals surface area (Å²) in [7, 11) is 0. The third-order valence-electron chi connectivity index (χ3n) is 6.66. The van der Waals surface area contributed by atoms with E-state index in [0.29, 0.717) is 5.92 Å². The van der Waals surface area contributed by atoms with Crippen molar-refractivity contribution in [2.75, 3.05) is 5.43 Å². The van der Waals surface area contributed by atoms with E-state index >= 15 is 0 Å². The van der Waals surface area contributed by atoms with Crippen LogP contribution in [-0.2, 0) is 0 Å². The van der Waals surface area contributed by atoms with Crippen molar-refractivity contribution < 1.29 is 9.85 Å². The summed E-state index contributed by atoms with van der Waals surface area (Å²) in [6.07, 6.45) is 9.79. The number of hydrazone groups is 1. The topological polar surface area (TPSA) is 111 Å². The fourth-order valence-electron chi connectivity index (χ4n) is 5.43. The molecule has 3 aliphatic carbocycles. The van der Waals surface area contributed by atoms with E-state index in [0.717, 1.165) is 48.8 Å². The Hall–Kier alpha value is -2.51. The molecule has 4 atom stereocenters. The number of nitrogens with one attached hydrogen (secondary N) is 1. The molecule has 8 heteroatoms. The molecule has 0 aliphatic heterocycles. The van der Waals surface area contributed by atoms with Gasteiger partial charge in [-0.05, 0) is 74.7 Å². The van der Waals surface area contributed by atoms with E-state index in [9.17, 15) is 20.2 Å². The molecule has 8 nitrogen and oxygen atoms in total. The second kappa shape index (κ2) is 7.25. The lowest BCUT2D eigenvalue weighted by atomic mass is 9.72. The molecule has 1 N–H and O–H groups in total. The first-order chi connectivity index (χ1) is 13.0. The van der Waals surface area contributed by atoms with Gasteiger partial charge < -0.3 is 0 Å². The van der Waals surface area contributed by atoms with Crippen molar-refractivity contribution in [3.05, 3.63) is 38.4 Å². The molecule has 27 heavy (non-hydrogen) atoms. The summed E-state index contributed by atoms with van der Waals surface area (Å²) < 4.78 is 0. The standard InChI is InChI=1S/C19H24N4O4/c24-22(25)16-6-7-18(19(11-16)23(26)27)21-20-15-3-1-2-13(10-15)17-9-12-4-5-14(17)8-12/h6-7,11-14,17,21H,1-5,8-10H2/b20-15+/t12-,13-,14-,17+/m0/s1. The molecule has 2 bridgehead atoms. The maximum Gasteiger partial charge on any atom is 0.301 e. The molecular weight excluding hydrogens is 348 g/mol. The second-order valence-corrected chi connectivity index (χ2v) is 8.20. The Bertz CT molecular complexity index is 794. The number of nitro groups is 2. The van der Waals surface area contributed by atoms with Crippen molar-refractivity contribution in [3.8, 4) is 0 Å². The lowest BCUT2D eigenvalue weighted by Crippen LogP contribution is -2.27. The Morgan fingerprint density at radius 1 is 1.04 bits per heavy atom. The summed E-state index contributed by atoms with van der Waals surface area (Å²) in [4.78, 5) is 20.8. The van der Waals surface area contributed by atoms with Crippen LogP contribution in [0.4, 0.5) is 17.1 Å². The second-order valence-electron chi connectivity index (χ2n) is 8.20. The highest BCUT2D eigenvalue weighted by molar-refractivity contribution is 5.86. The summed E-state index contributed by atoms with van der Waals surface area (Å²) in [5.74, 6) is 3.33. The first-order valence-corrected chi connectivity index (χ1v) is 9.75. The lowest BCUT2D eigenvalue weighted by Gasteiger charge is -2.33. The predicted octanol–water partition coefficient (Wildman–Crippen LogP) is 4.90. The van der Waals surface area contributed by atoms with Crippen LogP contribution in [0.1, 0.15) is 51.4 Å². The minimum absolute atomic E-state index is 0.195. The molecule has 3 saturated carbocycles. The molecule has 0 saturated heterocycles. The number of hydrogen-bond donors (Lipinski definition) is 1. The van der Waals surface area contributed by atoms with E-state index in [4.69, 9.17) is 0 Å². The number of rotatable bonds is 5. The molecule has 1 aromatic rings. The fraction of sp³-hybridized carbons (Fsp3) is 0.632. The Labute approximate surface area is 157 Å². The molecule has 4 rings (SSSR count). The van der Waals surface area contributed by atoms with Gasteiger partial charge in [-0.3, -0.25) is 25.7 Å². The molecule has 0 spiro atoms. The van der Waals surface area contributed by atoms with Gasteiger partial charge in [-0.15, -0.1) is 0 Å². The largest absolute Gasteiger partial charge is 0.301 e. The highest BCUT2D eigenvalue weighted by Gasteiger charge is 2.43. The molecule has 0 unspecified atom stereocenters. The molecule has 3 fully saturated rings. The molecule has 1 aromatic carbocycles. The van der Waals surface area contributed by atoms with Crippen molar-refractivity contribution in [1.29, 1.82) is 0 Å². The summed E-state index contributed by atoms with van der Waals surface area (Å²) in [6.45, 7) is 0. The van der Waals surface area contributed by atoms with Crippen molar-refractivity contribution in [2.24, 2.45) is 28.8 Å². The van der Waals surface area contributed by atoms with Crippen LogP contribution in [0.2, 0.25) is 0 Å². The average Bonchev–Trinajstić information content (AvgIpc) is 3.30. The van der Waals surface area contributed by atoms with Gasteiger partial charge >= 0.3 is 5.69 Å². The van der Waals surface area contributed by atoms with Crippen molar-refractivity contribution >= 4 is 22.8 Å². The van der Waals surface area contributed by atoms with Crippen molar-refractivity contribution in [2.45, 2.75) is 51.4 Å². The van der Waals surface area contributed by atoms with E-state index in [1.165, 1.54) is 44.2 Å². The van der Waals surface area contributed by atoms with E-state index in [1.807, 2.05) is 0 Å². The predicted molar refractivity (Wildman–Crippen MR) is 102 cm³/mol. The molecule has 0 amide bonds. The number of fused-ring (bicyclic) bond motifs is 2. The molecular formula is C19H24N4O4. The van der Waals surface area contributed by atoms with Crippen LogP contribution in [0.3, 0.4) is 0 Å². The molecule has 3 aliphatic rings. The summed E-state index contributed by atoms with van der Waals surface area (Å²) >= 11 is 0. The first kappa shape index (κ1) is 17.9. The number of anilines is 1. The van der Waals surface area contributed by atoms with Gasteiger partial charge in [0.25, 0.3) is 5.69 Å². The minimum atomic E-state index is -0.635. The Kier molecular flexibility index (Phi) is 4.80. The number of nitro benzene ring substituents is 2. The van der Waals surface area contributed by atoms with Crippen LogP contribution in [0.15, 0.2) is 23.3 Å². The van der Waals surface area contributed by atoms with Crippen molar-refractivity contribution in [1.82, 2.24) is 0 Å². The van der Waals surface area contributed by atoms with Gasteiger partial charge in [0.15, 0.2) is 0 Å². The van der Waals surface area contributed by atoms with Gasteiger partial charge in [-0.1, -0.05) is 6.42 Å². The Balaban J connectivity index is 1.46. The quantitative estimate of drug-likeness (QED) is 0.584. The lowest BCUT2D eigenvalue weighted by molar-refractivity contribution is -0.393. The molecule has 144 valence electrons. The van der Waals surface area contributed by atoms with Crippen LogP contribution >= 0.6 is 0 Å². The fourth-order valence-corrected chi connectivity index (χ4v) is 5.43. The van der Waals surface area contributed by atoms with Crippen LogP contribution in [0.25, 0.3) is 0 Å². The van der Waals surface area contributed by atoms with Gasteiger partial charge in [-0.2, -0.15) is 5.10 Å². The normalized spacial score (nSPS) is 31.2. The van der Waals surface area contributed by atoms with E-state index in [1.54, 1.807) is 0 Å². The zero-order valence-electron chi connectivity index (χ0n) is 15.2. The summed E-state index contributed by atoms with van der Waals surface area (Å²) in [5.41, 5.74) is 3.43. The number of hydrogen-bond acceptors (Lipinski definition) is 6. The molecule has 0 aromatic heterocycles. The zero-order chi connectivity index (χ0) is 19.0. The van der Waals surface area contributed by atoms with Gasteiger partial charge in [0.2, 0.25) is 0 Å². The summed E-state index contributed by atoms with van der Waals surface area (Å²) in [5, 5.41) is 26.5. The van der Waals surface area contributed by atoms with Crippen LogP contribution in [-0.4, -0.2) is 15.6 Å². The smallest absolute Gasteiger partial charge is 0.272 e. The third kappa shape index (κ3) is 3.65. The number of benzene rings is 1. The monoisotopic (exact) mass is 372 g/mol. The highest BCUT2D eigenvalue weighted by Crippen LogP contribution is 2.53. The number of nitrogens with zero attached hydrogens (tertiary/aromatic N) is 3. The Morgan fingerprint density at radius 3 is 2.56 bits per heavy atom. The van der Waals surface area contributed by atoms with Gasteiger partial charge in [0.1, 0.15) is 5.69 Å².